The standard InChI is InChI=1S/C30H25ClN4O4S/c31-22-14-26-25(38-18-39-26)13-20(22)15-33-9-11-34(12-10-33)24-8-4-7-21-28(24)30(37)35(29(21)36)16-27-32-23(17-40-27)19-5-2-1-3-6-19/h1-8,13-14,17H,9-12,15-16,18H2. The molecule has 0 saturated carbocycles. The maximum atomic E-state index is 13.6. The van der Waals surface area contributed by atoms with Gasteiger partial charge in [-0.2, -0.15) is 0 Å². The van der Waals surface area contributed by atoms with Crippen molar-refractivity contribution in [3.8, 4) is 22.8 Å². The van der Waals surface area contributed by atoms with E-state index in [0.717, 1.165) is 59.4 Å². The summed E-state index contributed by atoms with van der Waals surface area (Å²) in [7, 11) is 0. The van der Waals surface area contributed by atoms with Crippen molar-refractivity contribution in [2.75, 3.05) is 37.9 Å². The van der Waals surface area contributed by atoms with Crippen LogP contribution in [0, 0.1) is 0 Å². The fourth-order valence-electron chi connectivity index (χ4n) is 5.45. The number of hydrogen-bond acceptors (Lipinski definition) is 8. The summed E-state index contributed by atoms with van der Waals surface area (Å²) in [5.41, 5.74) is 4.60. The lowest BCUT2D eigenvalue weighted by molar-refractivity contribution is 0.0642. The monoisotopic (exact) mass is 572 g/mol. The van der Waals surface area contributed by atoms with Gasteiger partial charge < -0.3 is 14.4 Å². The van der Waals surface area contributed by atoms with Gasteiger partial charge in [0.1, 0.15) is 5.01 Å². The number of anilines is 1. The van der Waals surface area contributed by atoms with Crippen LogP contribution in [0.15, 0.2) is 66.0 Å². The second-order valence-corrected chi connectivity index (χ2v) is 11.3. The first-order chi connectivity index (χ1) is 19.5. The molecule has 0 bridgehead atoms. The molecule has 0 atom stereocenters. The van der Waals surface area contributed by atoms with Gasteiger partial charge in [-0.15, -0.1) is 11.3 Å². The summed E-state index contributed by atoms with van der Waals surface area (Å²) in [6.07, 6.45) is 0. The molecular weight excluding hydrogens is 548 g/mol. The Labute approximate surface area is 240 Å². The number of rotatable bonds is 6. The molecule has 1 saturated heterocycles. The van der Waals surface area contributed by atoms with E-state index in [-0.39, 0.29) is 25.2 Å². The summed E-state index contributed by atoms with van der Waals surface area (Å²) in [6, 6.07) is 19.2. The first kappa shape index (κ1) is 25.1. The van der Waals surface area contributed by atoms with E-state index in [0.29, 0.717) is 28.4 Å². The van der Waals surface area contributed by atoms with Crippen LogP contribution in [-0.2, 0) is 13.1 Å². The highest BCUT2D eigenvalue weighted by molar-refractivity contribution is 7.10. The minimum absolute atomic E-state index is 0.160. The number of piperazine rings is 1. The molecule has 0 aliphatic carbocycles. The van der Waals surface area contributed by atoms with Gasteiger partial charge in [-0.1, -0.05) is 48.0 Å². The lowest BCUT2D eigenvalue weighted by atomic mass is 10.1. The van der Waals surface area contributed by atoms with Gasteiger partial charge >= 0.3 is 0 Å². The Hall–Kier alpha value is -3.92. The van der Waals surface area contributed by atoms with Crippen molar-refractivity contribution in [3.05, 3.63) is 92.8 Å². The van der Waals surface area contributed by atoms with Gasteiger partial charge in [0.25, 0.3) is 11.8 Å². The summed E-state index contributed by atoms with van der Waals surface area (Å²) in [5.74, 6) is 0.868. The van der Waals surface area contributed by atoms with Crippen LogP contribution in [0.3, 0.4) is 0 Å². The van der Waals surface area contributed by atoms with Gasteiger partial charge in [-0.25, -0.2) is 4.98 Å². The molecule has 3 aliphatic heterocycles. The highest BCUT2D eigenvalue weighted by atomic mass is 35.5. The predicted molar refractivity (Wildman–Crippen MR) is 153 cm³/mol. The molecule has 40 heavy (non-hydrogen) atoms. The molecular formula is C30H25ClN4O4S. The Morgan fingerprint density at radius 1 is 0.875 bits per heavy atom. The fourth-order valence-corrected chi connectivity index (χ4v) is 6.46. The van der Waals surface area contributed by atoms with E-state index in [9.17, 15) is 9.59 Å². The number of nitrogens with zero attached hydrogens (tertiary/aromatic N) is 4. The Morgan fingerprint density at radius 3 is 2.45 bits per heavy atom. The summed E-state index contributed by atoms with van der Waals surface area (Å²) < 4.78 is 10.9. The number of thiazole rings is 1. The first-order valence-corrected chi connectivity index (χ1v) is 14.4. The third kappa shape index (κ3) is 4.50. The largest absolute Gasteiger partial charge is 0.454 e. The number of hydrogen-bond donors (Lipinski definition) is 0. The van der Waals surface area contributed by atoms with Crippen LogP contribution in [0.2, 0.25) is 5.02 Å². The highest BCUT2D eigenvalue weighted by Crippen LogP contribution is 2.38. The minimum Gasteiger partial charge on any atom is -0.454 e. The number of amides is 2. The van der Waals surface area contributed by atoms with Crippen molar-refractivity contribution in [1.82, 2.24) is 14.8 Å². The van der Waals surface area contributed by atoms with Crippen molar-refractivity contribution in [1.29, 1.82) is 0 Å². The number of benzene rings is 3. The molecule has 202 valence electrons. The van der Waals surface area contributed by atoms with Gasteiger partial charge in [0.05, 0.1) is 29.1 Å². The van der Waals surface area contributed by atoms with E-state index in [4.69, 9.17) is 21.1 Å². The molecule has 4 heterocycles. The lowest BCUT2D eigenvalue weighted by Crippen LogP contribution is -2.46. The number of imide groups is 1. The van der Waals surface area contributed by atoms with Gasteiger partial charge in [-0.3, -0.25) is 19.4 Å². The second kappa shape index (κ2) is 10.2. The Bertz CT molecular complexity index is 1620. The van der Waals surface area contributed by atoms with E-state index in [1.165, 1.54) is 16.2 Å². The van der Waals surface area contributed by atoms with Crippen LogP contribution in [0.25, 0.3) is 11.3 Å². The smallest absolute Gasteiger partial charge is 0.264 e. The zero-order chi connectivity index (χ0) is 27.2. The minimum atomic E-state index is -0.269. The van der Waals surface area contributed by atoms with Crippen LogP contribution < -0.4 is 14.4 Å². The van der Waals surface area contributed by atoms with Crippen molar-refractivity contribution in [2.24, 2.45) is 0 Å². The molecule has 0 spiro atoms. The number of fused-ring (bicyclic) bond motifs is 2. The number of aromatic nitrogens is 1. The lowest BCUT2D eigenvalue weighted by Gasteiger charge is -2.36. The molecule has 7 rings (SSSR count). The fraction of sp³-hybridized carbons (Fsp3) is 0.233. The highest BCUT2D eigenvalue weighted by Gasteiger charge is 2.39. The summed E-state index contributed by atoms with van der Waals surface area (Å²) in [5, 5.41) is 3.35. The molecule has 2 amide bonds. The SMILES string of the molecule is O=C1c2cccc(N3CCN(Cc4cc5c(cc4Cl)OCO5)CC3)c2C(=O)N1Cc1nc(-c2ccccc2)cs1. The molecule has 3 aliphatic rings. The summed E-state index contributed by atoms with van der Waals surface area (Å²) in [4.78, 5) is 37.4. The molecule has 1 fully saturated rings. The van der Waals surface area contributed by atoms with Crippen molar-refractivity contribution in [2.45, 2.75) is 13.1 Å². The zero-order valence-corrected chi connectivity index (χ0v) is 23.1. The Morgan fingerprint density at radius 2 is 1.65 bits per heavy atom. The van der Waals surface area contributed by atoms with Crippen LogP contribution in [0.1, 0.15) is 31.3 Å². The van der Waals surface area contributed by atoms with Gasteiger partial charge in [0.2, 0.25) is 6.79 Å². The van der Waals surface area contributed by atoms with Gasteiger partial charge in [0, 0.05) is 54.8 Å². The number of carbonyl (C=O) groups excluding carboxylic acids is 2. The zero-order valence-electron chi connectivity index (χ0n) is 21.5. The molecule has 4 aromatic rings. The molecule has 10 heteroatoms. The Balaban J connectivity index is 1.05. The molecule has 8 nitrogen and oxygen atoms in total. The molecule has 0 N–H and O–H groups in total. The topological polar surface area (TPSA) is 75.2 Å². The maximum absolute atomic E-state index is 13.6. The quantitative estimate of drug-likeness (QED) is 0.290. The van der Waals surface area contributed by atoms with E-state index in [2.05, 4.69) is 14.8 Å². The van der Waals surface area contributed by atoms with Crippen LogP contribution in [0.5, 0.6) is 11.5 Å². The number of carbonyl (C=O) groups is 2. The maximum Gasteiger partial charge on any atom is 0.264 e. The average Bonchev–Trinajstić information content (AvgIpc) is 3.70. The van der Waals surface area contributed by atoms with E-state index < -0.39 is 0 Å². The normalized spacial score (nSPS) is 16.6. The molecule has 3 aromatic carbocycles. The van der Waals surface area contributed by atoms with Crippen molar-refractivity contribution in [3.63, 3.8) is 0 Å². The first-order valence-electron chi connectivity index (χ1n) is 13.1. The molecule has 1 aromatic heterocycles. The summed E-state index contributed by atoms with van der Waals surface area (Å²) >= 11 is 7.96. The van der Waals surface area contributed by atoms with Crippen molar-refractivity contribution >= 4 is 40.4 Å². The van der Waals surface area contributed by atoms with Gasteiger partial charge in [-0.05, 0) is 23.8 Å². The summed E-state index contributed by atoms with van der Waals surface area (Å²) in [6.45, 7) is 4.11. The van der Waals surface area contributed by atoms with Gasteiger partial charge in [0.15, 0.2) is 11.5 Å². The third-order valence-electron chi connectivity index (χ3n) is 7.54. The predicted octanol–water partition coefficient (Wildman–Crippen LogP) is 5.31. The number of ether oxygens (including phenoxy) is 2. The van der Waals surface area contributed by atoms with Crippen LogP contribution in [0.4, 0.5) is 5.69 Å². The Kier molecular flexibility index (Phi) is 6.42. The third-order valence-corrected chi connectivity index (χ3v) is 8.73. The van der Waals surface area contributed by atoms with E-state index in [1.54, 1.807) is 6.07 Å². The molecule has 0 radical (unpaired) electrons. The molecule has 0 unspecified atom stereocenters. The van der Waals surface area contributed by atoms with Crippen molar-refractivity contribution < 1.29 is 19.1 Å². The second-order valence-electron chi connectivity index (χ2n) is 9.95. The van der Waals surface area contributed by atoms with E-state index in [1.807, 2.05) is 60.0 Å². The average molecular weight is 573 g/mol. The van der Waals surface area contributed by atoms with E-state index >= 15 is 0 Å². The van der Waals surface area contributed by atoms with Crippen LogP contribution >= 0.6 is 22.9 Å². The number of halogens is 1. The van der Waals surface area contributed by atoms with Crippen LogP contribution in [-0.4, -0.2) is 59.6 Å².